The maximum absolute atomic E-state index is 12.5. The minimum atomic E-state index is -0.514. The van der Waals surface area contributed by atoms with Crippen molar-refractivity contribution in [3.05, 3.63) is 29.8 Å². The van der Waals surface area contributed by atoms with Crippen molar-refractivity contribution in [2.24, 2.45) is 23.5 Å². The molecule has 4 unspecified atom stereocenters. The van der Waals surface area contributed by atoms with E-state index in [-0.39, 0.29) is 30.3 Å². The number of anilines is 1. The molecule has 4 atom stereocenters. The molecule has 2 aliphatic rings. The van der Waals surface area contributed by atoms with E-state index in [1.807, 2.05) is 0 Å². The summed E-state index contributed by atoms with van der Waals surface area (Å²) in [6.07, 6.45) is 3.26. The summed E-state index contributed by atoms with van der Waals surface area (Å²) in [6, 6.07) is 6.49. The third-order valence-electron chi connectivity index (χ3n) is 5.32. The number of carbonyl (C=O) groups is 3. The molecule has 1 aromatic rings. The van der Waals surface area contributed by atoms with E-state index in [1.54, 1.807) is 24.3 Å². The van der Waals surface area contributed by atoms with E-state index >= 15 is 0 Å². The lowest BCUT2D eigenvalue weighted by atomic mass is 9.84. The molecular formula is C18H23N3O4. The summed E-state index contributed by atoms with van der Waals surface area (Å²) in [5.41, 5.74) is 7.23. The van der Waals surface area contributed by atoms with Crippen LogP contribution in [-0.2, 0) is 14.3 Å². The van der Waals surface area contributed by atoms with Gasteiger partial charge in [-0.25, -0.2) is 0 Å². The fraction of sp³-hybridized carbons (Fsp3) is 0.500. The van der Waals surface area contributed by atoms with Crippen LogP contribution < -0.4 is 16.4 Å². The van der Waals surface area contributed by atoms with Crippen LogP contribution in [0, 0.1) is 17.8 Å². The summed E-state index contributed by atoms with van der Waals surface area (Å²) in [6.45, 7) is -0.185. The van der Waals surface area contributed by atoms with Gasteiger partial charge in [0.2, 0.25) is 5.91 Å². The van der Waals surface area contributed by atoms with Gasteiger partial charge in [-0.3, -0.25) is 14.4 Å². The van der Waals surface area contributed by atoms with Gasteiger partial charge in [0.1, 0.15) is 6.54 Å². The first kappa shape index (κ1) is 17.4. The summed E-state index contributed by atoms with van der Waals surface area (Å²) in [5, 5.41) is 5.36. The summed E-state index contributed by atoms with van der Waals surface area (Å²) >= 11 is 0. The highest BCUT2D eigenvalue weighted by Gasteiger charge is 2.49. The zero-order chi connectivity index (χ0) is 18.0. The van der Waals surface area contributed by atoms with Crippen molar-refractivity contribution >= 4 is 23.5 Å². The number of nitrogens with two attached hydrogens (primary N) is 1. The first-order chi connectivity index (χ1) is 12.0. The second kappa shape index (κ2) is 7.23. The van der Waals surface area contributed by atoms with Crippen molar-refractivity contribution in [3.8, 4) is 0 Å². The van der Waals surface area contributed by atoms with Crippen molar-refractivity contribution < 1.29 is 19.1 Å². The number of fused-ring (bicyclic) bond motifs is 2. The molecule has 134 valence electrons. The van der Waals surface area contributed by atoms with Gasteiger partial charge in [-0.1, -0.05) is 0 Å². The van der Waals surface area contributed by atoms with Gasteiger partial charge in [0.05, 0.1) is 13.0 Å². The molecule has 0 aliphatic heterocycles. The second-order valence-corrected chi connectivity index (χ2v) is 6.76. The topological polar surface area (TPSA) is 111 Å². The molecule has 2 amide bonds. The molecule has 2 bridgehead atoms. The third-order valence-corrected chi connectivity index (χ3v) is 5.32. The van der Waals surface area contributed by atoms with Gasteiger partial charge in [0.25, 0.3) is 5.91 Å². The van der Waals surface area contributed by atoms with Gasteiger partial charge in [-0.15, -0.1) is 0 Å². The van der Waals surface area contributed by atoms with E-state index in [9.17, 15) is 14.4 Å². The van der Waals surface area contributed by atoms with Crippen LogP contribution >= 0.6 is 0 Å². The minimum Gasteiger partial charge on any atom is -0.468 e. The average Bonchev–Trinajstić information content (AvgIpc) is 3.21. The van der Waals surface area contributed by atoms with Crippen molar-refractivity contribution in [1.82, 2.24) is 5.32 Å². The molecule has 0 aromatic heterocycles. The van der Waals surface area contributed by atoms with Crippen molar-refractivity contribution in [3.63, 3.8) is 0 Å². The van der Waals surface area contributed by atoms with E-state index in [4.69, 9.17) is 5.73 Å². The lowest BCUT2D eigenvalue weighted by molar-refractivity contribution is -0.139. The zero-order valence-corrected chi connectivity index (χ0v) is 14.2. The molecule has 7 nitrogen and oxygen atoms in total. The standard InChI is InChI=1S/C18H23N3O4/c1-25-14(22)9-20-17(23)10-4-6-13(7-5-10)21-18(24)15-11-2-3-12(8-11)16(15)19/h4-7,11-12,15-16H,2-3,8-9,19H2,1H3,(H,20,23)(H,21,24). The number of rotatable bonds is 5. The third kappa shape index (κ3) is 3.66. The molecule has 2 fully saturated rings. The smallest absolute Gasteiger partial charge is 0.325 e. The van der Waals surface area contributed by atoms with Crippen LogP contribution in [0.25, 0.3) is 0 Å². The number of amides is 2. The Kier molecular flexibility index (Phi) is 5.03. The Morgan fingerprint density at radius 3 is 2.44 bits per heavy atom. The predicted molar refractivity (Wildman–Crippen MR) is 91.7 cm³/mol. The lowest BCUT2D eigenvalue weighted by Crippen LogP contribution is -2.42. The Hall–Kier alpha value is -2.41. The Morgan fingerprint density at radius 2 is 1.84 bits per heavy atom. The molecule has 7 heteroatoms. The molecule has 0 radical (unpaired) electrons. The SMILES string of the molecule is COC(=O)CNC(=O)c1ccc(NC(=O)C2C3CCC(C3)C2N)cc1. The number of benzene rings is 1. The highest BCUT2D eigenvalue weighted by atomic mass is 16.5. The van der Waals surface area contributed by atoms with Gasteiger partial charge in [0, 0.05) is 17.3 Å². The molecule has 2 aliphatic carbocycles. The fourth-order valence-corrected chi connectivity index (χ4v) is 3.98. The number of nitrogens with one attached hydrogen (secondary N) is 2. The number of hydrogen-bond donors (Lipinski definition) is 3. The first-order valence-corrected chi connectivity index (χ1v) is 8.51. The van der Waals surface area contributed by atoms with Gasteiger partial charge in [-0.2, -0.15) is 0 Å². The molecule has 2 saturated carbocycles. The van der Waals surface area contributed by atoms with Crippen LogP contribution in [0.5, 0.6) is 0 Å². The van der Waals surface area contributed by atoms with Crippen molar-refractivity contribution in [2.75, 3.05) is 19.0 Å². The van der Waals surface area contributed by atoms with Gasteiger partial charge < -0.3 is 21.1 Å². The molecule has 25 heavy (non-hydrogen) atoms. The molecule has 1 aromatic carbocycles. The van der Waals surface area contributed by atoms with Crippen LogP contribution in [0.15, 0.2) is 24.3 Å². The lowest BCUT2D eigenvalue weighted by Gasteiger charge is -2.27. The minimum absolute atomic E-state index is 0.0393. The van der Waals surface area contributed by atoms with E-state index in [0.29, 0.717) is 23.1 Å². The molecule has 3 rings (SSSR count). The number of esters is 1. The maximum Gasteiger partial charge on any atom is 0.325 e. The Bertz CT molecular complexity index is 671. The number of carbonyl (C=O) groups excluding carboxylic acids is 3. The monoisotopic (exact) mass is 345 g/mol. The zero-order valence-electron chi connectivity index (χ0n) is 14.2. The van der Waals surface area contributed by atoms with Crippen molar-refractivity contribution in [2.45, 2.75) is 25.3 Å². The highest BCUT2D eigenvalue weighted by molar-refractivity contribution is 5.97. The quantitative estimate of drug-likeness (QED) is 0.687. The van der Waals surface area contributed by atoms with E-state index in [2.05, 4.69) is 15.4 Å². The average molecular weight is 345 g/mol. The van der Waals surface area contributed by atoms with E-state index < -0.39 is 5.97 Å². The highest BCUT2D eigenvalue weighted by Crippen LogP contribution is 2.47. The largest absolute Gasteiger partial charge is 0.468 e. The fourth-order valence-electron chi connectivity index (χ4n) is 3.98. The Morgan fingerprint density at radius 1 is 1.16 bits per heavy atom. The van der Waals surface area contributed by atoms with Crippen LogP contribution in [0.2, 0.25) is 0 Å². The van der Waals surface area contributed by atoms with Gasteiger partial charge >= 0.3 is 5.97 Å². The molecule has 0 spiro atoms. The number of ether oxygens (including phenoxy) is 1. The van der Waals surface area contributed by atoms with Crippen LogP contribution in [-0.4, -0.2) is 37.5 Å². The molecule has 0 saturated heterocycles. The second-order valence-electron chi connectivity index (χ2n) is 6.76. The Balaban J connectivity index is 1.56. The number of methoxy groups -OCH3 is 1. The summed E-state index contributed by atoms with van der Waals surface area (Å²) in [4.78, 5) is 35.5. The van der Waals surface area contributed by atoms with E-state index in [1.165, 1.54) is 7.11 Å². The molecule has 4 N–H and O–H groups in total. The van der Waals surface area contributed by atoms with Gasteiger partial charge in [0.15, 0.2) is 0 Å². The van der Waals surface area contributed by atoms with Gasteiger partial charge in [-0.05, 0) is 55.4 Å². The summed E-state index contributed by atoms with van der Waals surface area (Å²) in [7, 11) is 1.26. The normalized spacial score (nSPS) is 27.0. The van der Waals surface area contributed by atoms with Crippen LogP contribution in [0.4, 0.5) is 5.69 Å². The first-order valence-electron chi connectivity index (χ1n) is 8.51. The molecule has 0 heterocycles. The van der Waals surface area contributed by atoms with Crippen LogP contribution in [0.1, 0.15) is 29.6 Å². The number of hydrogen-bond acceptors (Lipinski definition) is 5. The maximum atomic E-state index is 12.5. The Labute approximate surface area is 146 Å². The van der Waals surface area contributed by atoms with Crippen LogP contribution in [0.3, 0.4) is 0 Å². The summed E-state index contributed by atoms with van der Waals surface area (Å²) in [5.74, 6) is -0.188. The van der Waals surface area contributed by atoms with Crippen molar-refractivity contribution in [1.29, 1.82) is 0 Å². The predicted octanol–water partition coefficient (Wildman–Crippen LogP) is 0.901. The summed E-state index contributed by atoms with van der Waals surface area (Å²) < 4.78 is 4.47. The van der Waals surface area contributed by atoms with E-state index in [0.717, 1.165) is 19.3 Å². The molecular weight excluding hydrogens is 322 g/mol.